The van der Waals surface area contributed by atoms with Crippen LogP contribution in [0.5, 0.6) is 0 Å². The number of hydrogen-bond acceptors (Lipinski definition) is 4. The number of rotatable bonds is 13. The lowest BCUT2D eigenvalue weighted by molar-refractivity contribution is -0.145. The van der Waals surface area contributed by atoms with Gasteiger partial charge in [0, 0.05) is 19.6 Å². The van der Waals surface area contributed by atoms with Crippen LogP contribution >= 0.6 is 0 Å². The first kappa shape index (κ1) is 20.7. The molecule has 5 heteroatoms. The van der Waals surface area contributed by atoms with Crippen LogP contribution in [0.2, 0.25) is 0 Å². The normalized spacial score (nSPS) is 17.8. The van der Waals surface area contributed by atoms with Gasteiger partial charge in [-0.2, -0.15) is 0 Å². The van der Waals surface area contributed by atoms with Crippen molar-refractivity contribution in [2.24, 2.45) is 0 Å². The van der Waals surface area contributed by atoms with Crippen LogP contribution in [-0.2, 0) is 19.1 Å². The number of allylic oxidation sites excluding steroid dienone is 1. The van der Waals surface area contributed by atoms with Crippen LogP contribution in [0, 0.1) is 0 Å². The summed E-state index contributed by atoms with van der Waals surface area (Å²) < 4.78 is 9.73. The minimum absolute atomic E-state index is 0.00252. The second-order valence-corrected chi connectivity index (χ2v) is 6.31. The number of likely N-dealkylation sites (tertiary alicyclic amines) is 1. The third-order valence-electron chi connectivity index (χ3n) is 4.34. The molecule has 1 unspecified atom stereocenters. The number of carbonyl (C=O) groups is 2. The lowest BCUT2D eigenvalue weighted by Gasteiger charge is -2.22. The second-order valence-electron chi connectivity index (χ2n) is 6.31. The smallest absolute Gasteiger partial charge is 0.331 e. The van der Waals surface area contributed by atoms with Crippen LogP contribution < -0.4 is 0 Å². The molecule has 1 heterocycles. The molecule has 0 radical (unpaired) electrons. The maximum absolute atomic E-state index is 12.0. The number of amides is 1. The molecular formula is C19H33NO4. The molecule has 1 atom stereocenters. The van der Waals surface area contributed by atoms with Crippen LogP contribution in [0.1, 0.15) is 64.7 Å². The van der Waals surface area contributed by atoms with Gasteiger partial charge in [0.15, 0.2) is 0 Å². The number of carbonyl (C=O) groups excluding carboxylic acids is 2. The van der Waals surface area contributed by atoms with Crippen molar-refractivity contribution in [2.45, 2.75) is 70.8 Å². The van der Waals surface area contributed by atoms with E-state index in [4.69, 9.17) is 4.74 Å². The van der Waals surface area contributed by atoms with Crippen LogP contribution in [0.4, 0.5) is 0 Å². The molecule has 138 valence electrons. The molecule has 1 saturated heterocycles. The van der Waals surface area contributed by atoms with Crippen molar-refractivity contribution in [3.8, 4) is 0 Å². The van der Waals surface area contributed by atoms with Gasteiger partial charge in [-0.15, -0.1) is 0 Å². The predicted octanol–water partition coefficient (Wildman–Crippen LogP) is 3.47. The van der Waals surface area contributed by atoms with Gasteiger partial charge in [0.2, 0.25) is 5.91 Å². The van der Waals surface area contributed by atoms with E-state index in [1.165, 1.54) is 32.8 Å². The first-order valence-corrected chi connectivity index (χ1v) is 9.29. The van der Waals surface area contributed by atoms with Crippen molar-refractivity contribution in [2.75, 3.05) is 26.9 Å². The fourth-order valence-corrected chi connectivity index (χ4v) is 2.89. The quantitative estimate of drug-likeness (QED) is 0.293. The summed E-state index contributed by atoms with van der Waals surface area (Å²) in [5.74, 6) is -0.0972. The maximum atomic E-state index is 12.0. The third-order valence-corrected chi connectivity index (χ3v) is 4.34. The fraction of sp³-hybridized carbons (Fsp3) is 0.789. The van der Waals surface area contributed by atoms with Crippen molar-refractivity contribution < 1.29 is 19.1 Å². The molecule has 0 saturated carbocycles. The average molecular weight is 339 g/mol. The minimum atomic E-state index is -0.353. The maximum Gasteiger partial charge on any atom is 0.331 e. The number of hydrogen-bond donors (Lipinski definition) is 0. The average Bonchev–Trinajstić information content (AvgIpc) is 2.94. The van der Waals surface area contributed by atoms with Crippen LogP contribution in [-0.4, -0.2) is 49.7 Å². The molecule has 0 bridgehead atoms. The molecule has 1 fully saturated rings. The topological polar surface area (TPSA) is 55.8 Å². The number of ether oxygens (including phenoxy) is 2. The summed E-state index contributed by atoms with van der Waals surface area (Å²) in [6.45, 7) is 3.52. The summed E-state index contributed by atoms with van der Waals surface area (Å²) in [6.07, 6.45) is 14.0. The molecule has 5 nitrogen and oxygen atoms in total. The van der Waals surface area contributed by atoms with Crippen molar-refractivity contribution in [1.82, 2.24) is 4.90 Å². The molecular weight excluding hydrogens is 306 g/mol. The highest BCUT2D eigenvalue weighted by Crippen LogP contribution is 2.20. The van der Waals surface area contributed by atoms with Gasteiger partial charge in [0.25, 0.3) is 0 Å². The van der Waals surface area contributed by atoms with E-state index < -0.39 is 0 Å². The summed E-state index contributed by atoms with van der Waals surface area (Å²) in [4.78, 5) is 24.9. The molecule has 0 aromatic rings. The van der Waals surface area contributed by atoms with Gasteiger partial charge in [-0.25, -0.2) is 4.79 Å². The highest BCUT2D eigenvalue weighted by molar-refractivity contribution is 5.79. The van der Waals surface area contributed by atoms with E-state index in [2.05, 4.69) is 23.8 Å². The van der Waals surface area contributed by atoms with E-state index in [9.17, 15) is 9.59 Å². The monoisotopic (exact) mass is 339 g/mol. The molecule has 1 aliphatic rings. The van der Waals surface area contributed by atoms with Gasteiger partial charge in [-0.1, -0.05) is 38.3 Å². The number of methoxy groups -OCH3 is 1. The Morgan fingerprint density at radius 2 is 2.08 bits per heavy atom. The van der Waals surface area contributed by atoms with E-state index in [1.807, 2.05) is 4.90 Å². The number of unbranched alkanes of at least 4 members (excludes halogenated alkanes) is 5. The Bertz CT molecular complexity index is 395. The number of nitrogens with zero attached hydrogens (tertiary/aromatic N) is 1. The summed E-state index contributed by atoms with van der Waals surface area (Å²) in [6, 6.07) is 0.264. The Kier molecular flexibility index (Phi) is 11.2. The molecule has 0 spiro atoms. The summed E-state index contributed by atoms with van der Waals surface area (Å²) in [7, 11) is 1.35. The van der Waals surface area contributed by atoms with Gasteiger partial charge in [0.05, 0.1) is 13.2 Å². The lowest BCUT2D eigenvalue weighted by atomic mass is 10.1. The van der Waals surface area contributed by atoms with E-state index >= 15 is 0 Å². The van der Waals surface area contributed by atoms with Gasteiger partial charge >= 0.3 is 5.97 Å². The lowest BCUT2D eigenvalue weighted by Crippen LogP contribution is -2.32. The van der Waals surface area contributed by atoms with Gasteiger partial charge in [-0.3, -0.25) is 4.79 Å². The van der Waals surface area contributed by atoms with E-state index in [-0.39, 0.29) is 24.5 Å². The minimum Gasteiger partial charge on any atom is -0.467 e. The zero-order chi connectivity index (χ0) is 17.6. The predicted molar refractivity (Wildman–Crippen MR) is 94.7 cm³/mol. The van der Waals surface area contributed by atoms with Crippen molar-refractivity contribution in [3.63, 3.8) is 0 Å². The zero-order valence-corrected chi connectivity index (χ0v) is 15.3. The summed E-state index contributed by atoms with van der Waals surface area (Å²) in [5.41, 5.74) is 0. The molecule has 0 aromatic heterocycles. The van der Waals surface area contributed by atoms with Crippen LogP contribution in [0.15, 0.2) is 12.2 Å². The second kappa shape index (κ2) is 13.0. The highest BCUT2D eigenvalue weighted by Gasteiger charge is 2.28. The standard InChI is InChI=1S/C19H33NO4/c1-3-4-5-6-7-8-11-17-12-13-18(21)20(17)14-9-10-15-24-16-19(22)23-2/h8,11,17H,3-7,9-10,12-16H2,1-2H3/b11-8+. The van der Waals surface area contributed by atoms with E-state index in [1.54, 1.807) is 0 Å². The molecule has 0 N–H and O–H groups in total. The van der Waals surface area contributed by atoms with E-state index in [0.717, 1.165) is 32.2 Å². The van der Waals surface area contributed by atoms with Gasteiger partial charge in [0.1, 0.15) is 6.61 Å². The SMILES string of the molecule is CCCCCC/C=C/C1CCC(=O)N1CCCCOCC(=O)OC. The van der Waals surface area contributed by atoms with Crippen molar-refractivity contribution in [1.29, 1.82) is 0 Å². The van der Waals surface area contributed by atoms with Gasteiger partial charge in [-0.05, 0) is 32.1 Å². The van der Waals surface area contributed by atoms with Crippen molar-refractivity contribution in [3.05, 3.63) is 12.2 Å². The molecule has 24 heavy (non-hydrogen) atoms. The summed E-state index contributed by atoms with van der Waals surface area (Å²) >= 11 is 0. The molecule has 0 aliphatic carbocycles. The van der Waals surface area contributed by atoms with Crippen molar-refractivity contribution >= 4 is 11.9 Å². The molecule has 1 aliphatic heterocycles. The first-order valence-electron chi connectivity index (χ1n) is 9.29. The fourth-order valence-electron chi connectivity index (χ4n) is 2.89. The Balaban J connectivity index is 2.17. The largest absolute Gasteiger partial charge is 0.467 e. The van der Waals surface area contributed by atoms with E-state index in [0.29, 0.717) is 13.0 Å². The first-order chi connectivity index (χ1) is 11.7. The molecule has 1 amide bonds. The van der Waals surface area contributed by atoms with Crippen LogP contribution in [0.25, 0.3) is 0 Å². The van der Waals surface area contributed by atoms with Crippen LogP contribution in [0.3, 0.4) is 0 Å². The Labute approximate surface area is 146 Å². The number of esters is 1. The molecule has 1 rings (SSSR count). The zero-order valence-electron chi connectivity index (χ0n) is 15.3. The van der Waals surface area contributed by atoms with Gasteiger partial charge < -0.3 is 14.4 Å². The highest BCUT2D eigenvalue weighted by atomic mass is 16.6. The summed E-state index contributed by atoms with van der Waals surface area (Å²) in [5, 5.41) is 0. The third kappa shape index (κ3) is 8.48. The molecule has 0 aromatic carbocycles. The Hall–Kier alpha value is -1.36. The Morgan fingerprint density at radius 1 is 1.25 bits per heavy atom. The Morgan fingerprint density at radius 3 is 2.83 bits per heavy atom.